The minimum atomic E-state index is -0.0862. The van der Waals surface area contributed by atoms with Crippen LogP contribution in [0.25, 0.3) is 0 Å². The van der Waals surface area contributed by atoms with Crippen LogP contribution in [0.1, 0.15) is 48.2 Å². The zero-order chi connectivity index (χ0) is 21.3. The van der Waals surface area contributed by atoms with Gasteiger partial charge in [0, 0.05) is 65.0 Å². The number of aromatic nitrogens is 2. The molecule has 0 radical (unpaired) electrons. The largest absolute Gasteiger partial charge is 0.383 e. The maximum absolute atomic E-state index is 12.0. The maximum Gasteiger partial charge on any atom is 0.258 e. The lowest BCUT2D eigenvalue weighted by Gasteiger charge is -2.28. The summed E-state index contributed by atoms with van der Waals surface area (Å²) in [5, 5.41) is 6.79. The van der Waals surface area contributed by atoms with Crippen LogP contribution < -0.4 is 0 Å². The van der Waals surface area contributed by atoms with E-state index in [-0.39, 0.29) is 17.6 Å². The molecule has 2 amide bonds. The molecule has 3 fully saturated rings. The van der Waals surface area contributed by atoms with Gasteiger partial charge in [-0.05, 0) is 37.5 Å². The third kappa shape index (κ3) is 4.91. The Labute approximate surface area is 177 Å². The topological polar surface area (TPSA) is 89.6 Å². The third-order valence-corrected chi connectivity index (χ3v) is 6.03. The fraction of sp³-hybridized carbons (Fsp3) is 0.636. The number of H-pyrrole nitrogens is 1. The van der Waals surface area contributed by atoms with Crippen LogP contribution in [0.3, 0.4) is 0 Å². The smallest absolute Gasteiger partial charge is 0.258 e. The molecule has 4 aliphatic rings. The SMILES string of the molecule is CN(C)C=C1C(=O)CCN(CC2CC2)C1=O.O=C1c2cn[nH]c2CCN1CC1CC1. The number of hydrogen-bond acceptors (Lipinski definition) is 5. The normalized spacial score (nSPS) is 22.7. The molecule has 3 heterocycles. The van der Waals surface area contributed by atoms with Gasteiger partial charge >= 0.3 is 0 Å². The lowest BCUT2D eigenvalue weighted by atomic mass is 10.0. The van der Waals surface area contributed by atoms with Crippen molar-refractivity contribution < 1.29 is 14.4 Å². The lowest BCUT2D eigenvalue weighted by molar-refractivity contribution is -0.133. The Hall–Kier alpha value is -2.64. The number of amides is 2. The summed E-state index contributed by atoms with van der Waals surface area (Å²) in [6.07, 6.45) is 9.73. The van der Waals surface area contributed by atoms with E-state index in [1.54, 1.807) is 17.3 Å². The van der Waals surface area contributed by atoms with Crippen LogP contribution in [0.15, 0.2) is 18.0 Å². The molecule has 1 N–H and O–H groups in total. The first-order valence-corrected chi connectivity index (χ1v) is 10.9. The standard InChI is InChI=1S/C12H18N2O2.C10H13N3O/c1-13(2)8-10-11(15)5-6-14(12(10)16)7-9-3-4-9;14-10-8-5-11-12-9(8)3-4-13(10)6-7-1-2-7/h8-9H,3-7H2,1-2H3;5,7H,1-4,6H2,(H,11,12). The van der Waals surface area contributed by atoms with E-state index in [9.17, 15) is 14.4 Å². The second-order valence-corrected chi connectivity index (χ2v) is 9.08. The highest BCUT2D eigenvalue weighted by Gasteiger charge is 2.34. The van der Waals surface area contributed by atoms with Crippen molar-refractivity contribution in [3.63, 3.8) is 0 Å². The molecule has 2 aliphatic carbocycles. The number of nitrogens with one attached hydrogen (secondary N) is 1. The molecule has 0 aromatic carbocycles. The first kappa shape index (κ1) is 20.6. The van der Waals surface area contributed by atoms with Crippen molar-refractivity contribution in [2.75, 3.05) is 40.3 Å². The van der Waals surface area contributed by atoms with Gasteiger partial charge in [0.05, 0.1) is 17.3 Å². The molecule has 8 heteroatoms. The van der Waals surface area contributed by atoms with Gasteiger partial charge in [-0.15, -0.1) is 0 Å². The molecular weight excluding hydrogens is 382 g/mol. The molecule has 2 aliphatic heterocycles. The molecule has 1 saturated heterocycles. The molecule has 162 valence electrons. The number of piperidine rings is 1. The molecule has 0 spiro atoms. The Morgan fingerprint density at radius 3 is 2.20 bits per heavy atom. The van der Waals surface area contributed by atoms with Crippen LogP contribution in [-0.2, 0) is 16.0 Å². The summed E-state index contributed by atoms with van der Waals surface area (Å²) in [7, 11) is 3.65. The zero-order valence-corrected chi connectivity index (χ0v) is 17.9. The number of aromatic amines is 1. The van der Waals surface area contributed by atoms with E-state index < -0.39 is 0 Å². The molecule has 8 nitrogen and oxygen atoms in total. The molecule has 5 rings (SSSR count). The number of Topliss-reactive ketones (excluding diaryl/α,β-unsaturated/α-hetero) is 1. The predicted octanol–water partition coefficient (Wildman–Crippen LogP) is 1.46. The van der Waals surface area contributed by atoms with Crippen molar-refractivity contribution in [1.29, 1.82) is 0 Å². The highest BCUT2D eigenvalue weighted by molar-refractivity contribution is 6.20. The minimum Gasteiger partial charge on any atom is -0.383 e. The monoisotopic (exact) mass is 413 g/mol. The van der Waals surface area contributed by atoms with Gasteiger partial charge in [0.15, 0.2) is 5.78 Å². The molecule has 1 aromatic rings. The van der Waals surface area contributed by atoms with Gasteiger partial charge in [0.2, 0.25) is 0 Å². The molecule has 30 heavy (non-hydrogen) atoms. The Bertz CT molecular complexity index is 851. The average Bonchev–Trinajstić information content (AvgIpc) is 3.64. The van der Waals surface area contributed by atoms with Crippen LogP contribution >= 0.6 is 0 Å². The third-order valence-electron chi connectivity index (χ3n) is 6.03. The van der Waals surface area contributed by atoms with Gasteiger partial charge in [0.25, 0.3) is 11.8 Å². The van der Waals surface area contributed by atoms with Crippen molar-refractivity contribution in [3.05, 3.63) is 29.2 Å². The van der Waals surface area contributed by atoms with Crippen molar-refractivity contribution in [2.24, 2.45) is 11.8 Å². The zero-order valence-electron chi connectivity index (χ0n) is 17.9. The van der Waals surface area contributed by atoms with Crippen LogP contribution in [0, 0.1) is 11.8 Å². The molecule has 1 aromatic heterocycles. The van der Waals surface area contributed by atoms with E-state index >= 15 is 0 Å². The summed E-state index contributed by atoms with van der Waals surface area (Å²) in [5.41, 5.74) is 2.12. The Morgan fingerprint density at radius 1 is 1.00 bits per heavy atom. The summed E-state index contributed by atoms with van der Waals surface area (Å²) in [5.74, 6) is 1.50. The maximum atomic E-state index is 12.0. The van der Waals surface area contributed by atoms with Gasteiger partial charge < -0.3 is 14.7 Å². The molecule has 0 atom stereocenters. The quantitative estimate of drug-likeness (QED) is 0.583. The van der Waals surface area contributed by atoms with Gasteiger partial charge in [-0.3, -0.25) is 19.5 Å². The van der Waals surface area contributed by atoms with E-state index in [0.717, 1.165) is 43.2 Å². The van der Waals surface area contributed by atoms with Crippen LogP contribution in [-0.4, -0.2) is 82.8 Å². The number of fused-ring (bicyclic) bond motifs is 1. The van der Waals surface area contributed by atoms with Gasteiger partial charge in [-0.25, -0.2) is 0 Å². The predicted molar refractivity (Wildman–Crippen MR) is 112 cm³/mol. The number of carbonyl (C=O) groups is 3. The van der Waals surface area contributed by atoms with E-state index in [1.165, 1.54) is 25.7 Å². The van der Waals surface area contributed by atoms with Crippen LogP contribution in [0.2, 0.25) is 0 Å². The fourth-order valence-electron chi connectivity index (χ4n) is 3.93. The Morgan fingerprint density at radius 2 is 1.60 bits per heavy atom. The lowest BCUT2D eigenvalue weighted by Crippen LogP contribution is -2.42. The number of likely N-dealkylation sites (tertiary alicyclic amines) is 1. The summed E-state index contributed by atoms with van der Waals surface area (Å²) < 4.78 is 0. The molecule has 0 bridgehead atoms. The summed E-state index contributed by atoms with van der Waals surface area (Å²) >= 11 is 0. The summed E-state index contributed by atoms with van der Waals surface area (Å²) in [6, 6.07) is 0. The summed E-state index contributed by atoms with van der Waals surface area (Å²) in [4.78, 5) is 41.1. The highest BCUT2D eigenvalue weighted by Crippen LogP contribution is 2.32. The molecule has 0 unspecified atom stereocenters. The van der Waals surface area contributed by atoms with E-state index in [1.807, 2.05) is 23.9 Å². The second kappa shape index (κ2) is 8.62. The van der Waals surface area contributed by atoms with E-state index in [2.05, 4.69) is 10.2 Å². The number of carbonyl (C=O) groups excluding carboxylic acids is 3. The van der Waals surface area contributed by atoms with Crippen molar-refractivity contribution >= 4 is 17.6 Å². The van der Waals surface area contributed by atoms with E-state index in [0.29, 0.717) is 24.5 Å². The first-order chi connectivity index (χ1) is 14.4. The van der Waals surface area contributed by atoms with Crippen molar-refractivity contribution in [3.8, 4) is 0 Å². The fourth-order valence-corrected chi connectivity index (χ4v) is 3.93. The van der Waals surface area contributed by atoms with Gasteiger partial charge in [0.1, 0.15) is 0 Å². The number of ketones is 1. The van der Waals surface area contributed by atoms with Crippen molar-refractivity contribution in [2.45, 2.75) is 38.5 Å². The van der Waals surface area contributed by atoms with Crippen LogP contribution in [0.4, 0.5) is 0 Å². The second-order valence-electron chi connectivity index (χ2n) is 9.08. The number of nitrogens with zero attached hydrogens (tertiary/aromatic N) is 4. The minimum absolute atomic E-state index is 0.0225. The average molecular weight is 414 g/mol. The molecule has 2 saturated carbocycles. The van der Waals surface area contributed by atoms with Gasteiger partial charge in [-0.1, -0.05) is 0 Å². The Balaban J connectivity index is 0.000000146. The first-order valence-electron chi connectivity index (χ1n) is 10.9. The Kier molecular flexibility index (Phi) is 5.92. The number of rotatable bonds is 5. The summed E-state index contributed by atoms with van der Waals surface area (Å²) in [6.45, 7) is 3.23. The van der Waals surface area contributed by atoms with Crippen molar-refractivity contribution in [1.82, 2.24) is 24.9 Å². The molecular formula is C22H31N5O3. The van der Waals surface area contributed by atoms with Gasteiger partial charge in [-0.2, -0.15) is 5.10 Å². The number of hydrogen-bond donors (Lipinski definition) is 1. The van der Waals surface area contributed by atoms with Crippen LogP contribution in [0.5, 0.6) is 0 Å². The highest BCUT2D eigenvalue weighted by atomic mass is 16.2. The van der Waals surface area contributed by atoms with E-state index in [4.69, 9.17) is 0 Å².